The van der Waals surface area contributed by atoms with Gasteiger partial charge in [-0.2, -0.15) is 0 Å². The van der Waals surface area contributed by atoms with Crippen molar-refractivity contribution < 1.29 is 4.74 Å². The van der Waals surface area contributed by atoms with Crippen LogP contribution in [0.3, 0.4) is 0 Å². The minimum absolute atomic E-state index is 0.0739. The highest BCUT2D eigenvalue weighted by molar-refractivity contribution is 5.48. The molecule has 1 saturated heterocycles. The minimum atomic E-state index is -0.0739. The smallest absolute Gasteiger partial charge is 0.133 e. The normalized spacial score (nSPS) is 24.3. The number of aromatic nitrogens is 1. The number of ether oxygens (including phenoxy) is 1. The molecule has 4 heteroatoms. The highest BCUT2D eigenvalue weighted by Crippen LogP contribution is 2.28. The van der Waals surface area contributed by atoms with Gasteiger partial charge < -0.3 is 15.4 Å². The first-order chi connectivity index (χ1) is 8.58. The second kappa shape index (κ2) is 5.24. The Morgan fingerprint density at radius 3 is 2.94 bits per heavy atom. The van der Waals surface area contributed by atoms with Crippen LogP contribution in [0, 0.1) is 6.92 Å². The van der Waals surface area contributed by atoms with Crippen LogP contribution in [0.15, 0.2) is 12.1 Å². The summed E-state index contributed by atoms with van der Waals surface area (Å²) >= 11 is 0. The van der Waals surface area contributed by atoms with Gasteiger partial charge >= 0.3 is 0 Å². The molecule has 1 unspecified atom stereocenters. The first kappa shape index (κ1) is 13.3. The molecule has 0 spiro atoms. The summed E-state index contributed by atoms with van der Waals surface area (Å²) < 4.78 is 5.63. The van der Waals surface area contributed by atoms with Crippen LogP contribution < -0.4 is 10.6 Å². The van der Waals surface area contributed by atoms with Crippen LogP contribution in [-0.4, -0.2) is 30.8 Å². The van der Waals surface area contributed by atoms with E-state index >= 15 is 0 Å². The van der Waals surface area contributed by atoms with Crippen molar-refractivity contribution in [3.63, 3.8) is 0 Å². The van der Waals surface area contributed by atoms with E-state index in [1.807, 2.05) is 13.0 Å². The topological polar surface area (TPSA) is 51.4 Å². The summed E-state index contributed by atoms with van der Waals surface area (Å²) in [6.45, 7) is 6.62. The molecule has 1 aliphatic heterocycles. The second-order valence-electron chi connectivity index (χ2n) is 5.32. The third kappa shape index (κ3) is 2.65. The van der Waals surface area contributed by atoms with Gasteiger partial charge in [0.2, 0.25) is 0 Å². The molecule has 2 rings (SSSR count). The summed E-state index contributed by atoms with van der Waals surface area (Å²) in [5.41, 5.74) is 7.88. The lowest BCUT2D eigenvalue weighted by Gasteiger charge is -2.40. The Hall–Kier alpha value is -1.13. The van der Waals surface area contributed by atoms with Crippen LogP contribution in [0.1, 0.15) is 31.0 Å². The fraction of sp³-hybridized carbons (Fsp3) is 0.643. The van der Waals surface area contributed by atoms with Crippen molar-refractivity contribution in [2.24, 2.45) is 5.73 Å². The van der Waals surface area contributed by atoms with E-state index in [1.165, 1.54) is 0 Å². The van der Waals surface area contributed by atoms with E-state index in [-0.39, 0.29) is 5.60 Å². The van der Waals surface area contributed by atoms with Crippen LogP contribution in [0.2, 0.25) is 0 Å². The Kier molecular flexibility index (Phi) is 3.88. The number of piperidine rings is 1. The number of rotatable bonds is 3. The van der Waals surface area contributed by atoms with E-state index in [9.17, 15) is 0 Å². The van der Waals surface area contributed by atoms with Gasteiger partial charge in [-0.05, 0) is 32.8 Å². The molecule has 4 nitrogen and oxygen atoms in total. The monoisotopic (exact) mass is 249 g/mol. The molecule has 2 N–H and O–H groups in total. The number of hydrogen-bond acceptors (Lipinski definition) is 4. The van der Waals surface area contributed by atoms with Crippen molar-refractivity contribution in [2.45, 2.75) is 38.8 Å². The molecular weight excluding hydrogens is 226 g/mol. The van der Waals surface area contributed by atoms with E-state index in [2.05, 4.69) is 22.9 Å². The first-order valence-electron chi connectivity index (χ1n) is 6.55. The predicted octanol–water partition coefficient (Wildman–Crippen LogP) is 1.85. The van der Waals surface area contributed by atoms with Crippen LogP contribution in [0.25, 0.3) is 0 Å². The van der Waals surface area contributed by atoms with Gasteiger partial charge in [0.25, 0.3) is 0 Å². The van der Waals surface area contributed by atoms with Gasteiger partial charge in [0, 0.05) is 38.0 Å². The van der Waals surface area contributed by atoms with Crippen LogP contribution in [0.4, 0.5) is 5.82 Å². The van der Waals surface area contributed by atoms with Gasteiger partial charge in [0.05, 0.1) is 5.60 Å². The van der Waals surface area contributed by atoms with Crippen LogP contribution in [0.5, 0.6) is 0 Å². The molecule has 0 bridgehead atoms. The van der Waals surface area contributed by atoms with E-state index in [4.69, 9.17) is 10.5 Å². The molecule has 0 saturated carbocycles. The number of nitrogens with two attached hydrogens (primary N) is 1. The number of anilines is 1. The van der Waals surface area contributed by atoms with Crippen molar-refractivity contribution >= 4 is 5.82 Å². The molecule has 0 amide bonds. The number of methoxy groups -OCH3 is 1. The molecule has 1 fully saturated rings. The highest BCUT2D eigenvalue weighted by atomic mass is 16.5. The van der Waals surface area contributed by atoms with Gasteiger partial charge in [0.15, 0.2) is 0 Å². The average molecular weight is 249 g/mol. The summed E-state index contributed by atoms with van der Waals surface area (Å²) in [5, 5.41) is 0. The van der Waals surface area contributed by atoms with Crippen molar-refractivity contribution in [3.8, 4) is 0 Å². The zero-order valence-electron chi connectivity index (χ0n) is 11.6. The van der Waals surface area contributed by atoms with Gasteiger partial charge in [-0.25, -0.2) is 4.98 Å². The van der Waals surface area contributed by atoms with E-state index in [0.29, 0.717) is 6.54 Å². The average Bonchev–Trinajstić information content (AvgIpc) is 2.39. The molecule has 1 aromatic rings. The lowest BCUT2D eigenvalue weighted by atomic mass is 9.94. The fourth-order valence-electron chi connectivity index (χ4n) is 2.56. The van der Waals surface area contributed by atoms with Gasteiger partial charge in [-0.1, -0.05) is 6.07 Å². The van der Waals surface area contributed by atoms with Crippen molar-refractivity contribution in [1.29, 1.82) is 0 Å². The zero-order chi connectivity index (χ0) is 13.2. The number of pyridine rings is 1. The predicted molar refractivity (Wildman–Crippen MR) is 73.7 cm³/mol. The van der Waals surface area contributed by atoms with Crippen molar-refractivity contribution in [2.75, 3.05) is 25.1 Å². The molecule has 2 heterocycles. The number of hydrogen-bond donors (Lipinski definition) is 1. The molecule has 1 atom stereocenters. The highest BCUT2D eigenvalue weighted by Gasteiger charge is 2.32. The van der Waals surface area contributed by atoms with E-state index < -0.39 is 0 Å². The van der Waals surface area contributed by atoms with Gasteiger partial charge in [-0.15, -0.1) is 0 Å². The molecule has 0 aromatic carbocycles. The van der Waals surface area contributed by atoms with Crippen LogP contribution in [-0.2, 0) is 11.3 Å². The third-order valence-corrected chi connectivity index (χ3v) is 3.77. The standard InChI is InChI=1S/C14H23N3O/c1-11-5-6-12(9-15)13(16-11)17-8-4-7-14(2,10-17)18-3/h5-6H,4,7-10,15H2,1-3H3. The molecule has 0 radical (unpaired) electrons. The molecule has 18 heavy (non-hydrogen) atoms. The van der Waals surface area contributed by atoms with Crippen molar-refractivity contribution in [1.82, 2.24) is 4.98 Å². The Balaban J connectivity index is 2.28. The van der Waals surface area contributed by atoms with E-state index in [1.54, 1.807) is 7.11 Å². The number of aryl methyl sites for hydroxylation is 1. The zero-order valence-corrected chi connectivity index (χ0v) is 11.6. The summed E-state index contributed by atoms with van der Waals surface area (Å²) in [4.78, 5) is 6.97. The summed E-state index contributed by atoms with van der Waals surface area (Å²) in [7, 11) is 1.79. The number of nitrogens with zero attached hydrogens (tertiary/aromatic N) is 2. The Labute approximate surface area is 109 Å². The lowest BCUT2D eigenvalue weighted by molar-refractivity contribution is -0.00485. The molecule has 100 valence electrons. The van der Waals surface area contributed by atoms with Crippen LogP contribution >= 0.6 is 0 Å². The molecule has 0 aliphatic carbocycles. The third-order valence-electron chi connectivity index (χ3n) is 3.77. The molecular formula is C14H23N3O. The Bertz CT molecular complexity index is 422. The Morgan fingerprint density at radius 1 is 1.50 bits per heavy atom. The summed E-state index contributed by atoms with van der Waals surface area (Å²) in [5.74, 6) is 1.03. The van der Waals surface area contributed by atoms with E-state index in [0.717, 1.165) is 43.0 Å². The maximum atomic E-state index is 5.81. The van der Waals surface area contributed by atoms with Gasteiger partial charge in [-0.3, -0.25) is 0 Å². The molecule has 1 aliphatic rings. The minimum Gasteiger partial charge on any atom is -0.377 e. The molecule has 1 aromatic heterocycles. The summed E-state index contributed by atoms with van der Waals surface area (Å²) in [6.07, 6.45) is 2.23. The maximum absolute atomic E-state index is 5.81. The van der Waals surface area contributed by atoms with Crippen molar-refractivity contribution in [3.05, 3.63) is 23.4 Å². The summed E-state index contributed by atoms with van der Waals surface area (Å²) in [6, 6.07) is 4.10. The maximum Gasteiger partial charge on any atom is 0.133 e. The Morgan fingerprint density at radius 2 is 2.28 bits per heavy atom. The quantitative estimate of drug-likeness (QED) is 0.888. The second-order valence-corrected chi connectivity index (χ2v) is 5.32. The van der Waals surface area contributed by atoms with Gasteiger partial charge in [0.1, 0.15) is 5.82 Å². The first-order valence-corrected chi connectivity index (χ1v) is 6.55. The fourth-order valence-corrected chi connectivity index (χ4v) is 2.56. The largest absolute Gasteiger partial charge is 0.377 e. The lowest BCUT2D eigenvalue weighted by Crippen LogP contribution is -2.48. The SMILES string of the molecule is COC1(C)CCCN(c2nc(C)ccc2CN)C1.